The summed E-state index contributed by atoms with van der Waals surface area (Å²) >= 11 is 0. The molecule has 1 N–H and O–H groups in total. The molecule has 1 atom stereocenters. The van der Waals surface area contributed by atoms with Crippen LogP contribution in [0, 0.1) is 23.6 Å². The average molecular weight is 332 g/mol. The van der Waals surface area contributed by atoms with E-state index in [1.807, 2.05) is 4.90 Å². The Balaban J connectivity index is 1.58. The quantitative estimate of drug-likeness (QED) is 0.827. The molecule has 0 radical (unpaired) electrons. The van der Waals surface area contributed by atoms with Gasteiger partial charge in [-0.1, -0.05) is 19.1 Å². The molecule has 24 heavy (non-hydrogen) atoms. The van der Waals surface area contributed by atoms with Gasteiger partial charge in [0.15, 0.2) is 0 Å². The number of amides is 1. The predicted molar refractivity (Wildman–Crippen MR) is 93.9 cm³/mol. The molecule has 2 fully saturated rings. The van der Waals surface area contributed by atoms with Crippen LogP contribution < -0.4 is 5.32 Å². The normalized spacial score (nSPS) is 19.9. The molecule has 1 aliphatic carbocycles. The first-order valence-corrected chi connectivity index (χ1v) is 9.34. The van der Waals surface area contributed by atoms with Gasteiger partial charge in [0.05, 0.1) is 0 Å². The SMILES string of the molecule is CC(CC(=O)N(Cc1ccc(F)cc1)CC1CC1)C1CCNCC1. The highest BCUT2D eigenvalue weighted by molar-refractivity contribution is 5.76. The van der Waals surface area contributed by atoms with Crippen molar-refractivity contribution in [1.82, 2.24) is 10.2 Å². The molecule has 1 saturated heterocycles. The molecule has 1 aliphatic heterocycles. The lowest BCUT2D eigenvalue weighted by molar-refractivity contribution is -0.133. The standard InChI is InChI=1S/C20H29FN2O/c1-15(18-8-10-22-11-9-18)12-20(24)23(13-16-2-3-16)14-17-4-6-19(21)7-5-17/h4-7,15-16,18,22H,2-3,8-14H2,1H3. The highest BCUT2D eigenvalue weighted by Gasteiger charge is 2.29. The van der Waals surface area contributed by atoms with Crippen LogP contribution in [0.15, 0.2) is 24.3 Å². The first-order chi connectivity index (χ1) is 11.6. The molecule has 1 aromatic carbocycles. The number of benzene rings is 1. The van der Waals surface area contributed by atoms with E-state index in [4.69, 9.17) is 0 Å². The van der Waals surface area contributed by atoms with E-state index < -0.39 is 0 Å². The predicted octanol–water partition coefficient (Wildman–Crippen LogP) is 3.59. The van der Waals surface area contributed by atoms with E-state index in [0.717, 1.165) is 25.2 Å². The van der Waals surface area contributed by atoms with Crippen LogP contribution >= 0.6 is 0 Å². The lowest BCUT2D eigenvalue weighted by Gasteiger charge is -2.30. The minimum atomic E-state index is -0.224. The maximum absolute atomic E-state index is 13.1. The van der Waals surface area contributed by atoms with Crippen molar-refractivity contribution >= 4 is 5.91 Å². The van der Waals surface area contributed by atoms with Gasteiger partial charge in [-0.3, -0.25) is 4.79 Å². The maximum atomic E-state index is 13.1. The number of nitrogens with zero attached hydrogens (tertiary/aromatic N) is 1. The Labute approximate surface area is 144 Å². The molecule has 1 unspecified atom stereocenters. The van der Waals surface area contributed by atoms with Gasteiger partial charge in [-0.05, 0) is 74.2 Å². The van der Waals surface area contributed by atoms with Crippen LogP contribution in [0.25, 0.3) is 0 Å². The Morgan fingerprint density at radius 1 is 1.21 bits per heavy atom. The van der Waals surface area contributed by atoms with E-state index in [9.17, 15) is 9.18 Å². The minimum absolute atomic E-state index is 0.224. The number of halogens is 1. The summed E-state index contributed by atoms with van der Waals surface area (Å²) in [4.78, 5) is 14.9. The van der Waals surface area contributed by atoms with Crippen LogP contribution in [-0.4, -0.2) is 30.4 Å². The Kier molecular flexibility index (Phi) is 5.88. The molecule has 0 bridgehead atoms. The van der Waals surface area contributed by atoms with Crippen molar-refractivity contribution in [2.75, 3.05) is 19.6 Å². The van der Waals surface area contributed by atoms with Gasteiger partial charge >= 0.3 is 0 Å². The lowest BCUT2D eigenvalue weighted by Crippen LogP contribution is -2.36. The van der Waals surface area contributed by atoms with Gasteiger partial charge in [-0.15, -0.1) is 0 Å². The van der Waals surface area contributed by atoms with Crippen LogP contribution in [0.2, 0.25) is 0 Å². The summed E-state index contributed by atoms with van der Waals surface area (Å²) in [5.41, 5.74) is 1.01. The third-order valence-electron chi connectivity index (χ3n) is 5.50. The Hall–Kier alpha value is -1.42. The Morgan fingerprint density at radius 2 is 1.88 bits per heavy atom. The molecular weight excluding hydrogens is 303 g/mol. The van der Waals surface area contributed by atoms with Crippen LogP contribution in [0.1, 0.15) is 44.6 Å². The van der Waals surface area contributed by atoms with E-state index in [1.165, 1.54) is 37.8 Å². The number of piperidine rings is 1. The summed E-state index contributed by atoms with van der Waals surface area (Å²) in [7, 11) is 0. The third-order valence-corrected chi connectivity index (χ3v) is 5.50. The zero-order valence-electron chi connectivity index (χ0n) is 14.6. The summed E-state index contributed by atoms with van der Waals surface area (Å²) in [6.07, 6.45) is 5.46. The second-order valence-corrected chi connectivity index (χ2v) is 7.61. The summed E-state index contributed by atoms with van der Waals surface area (Å²) in [6.45, 7) is 5.83. The minimum Gasteiger partial charge on any atom is -0.338 e. The van der Waals surface area contributed by atoms with Gasteiger partial charge in [0.2, 0.25) is 5.91 Å². The summed E-state index contributed by atoms with van der Waals surface area (Å²) in [5, 5.41) is 3.39. The number of hydrogen-bond donors (Lipinski definition) is 1. The summed E-state index contributed by atoms with van der Waals surface area (Å²) in [6, 6.07) is 6.54. The Bertz CT molecular complexity index is 535. The third kappa shape index (κ3) is 5.04. The molecule has 1 saturated carbocycles. The van der Waals surface area contributed by atoms with Gasteiger partial charge in [0.1, 0.15) is 5.82 Å². The van der Waals surface area contributed by atoms with Crippen molar-refractivity contribution in [3.05, 3.63) is 35.6 Å². The van der Waals surface area contributed by atoms with Crippen LogP contribution in [0.5, 0.6) is 0 Å². The van der Waals surface area contributed by atoms with Gasteiger partial charge in [-0.25, -0.2) is 4.39 Å². The van der Waals surface area contributed by atoms with E-state index in [2.05, 4.69) is 12.2 Å². The monoisotopic (exact) mass is 332 g/mol. The fourth-order valence-corrected chi connectivity index (χ4v) is 3.66. The highest BCUT2D eigenvalue weighted by Crippen LogP contribution is 2.31. The van der Waals surface area contributed by atoms with Crippen LogP contribution in [0.3, 0.4) is 0 Å². The number of nitrogens with one attached hydrogen (secondary N) is 1. The zero-order valence-corrected chi connectivity index (χ0v) is 14.6. The first-order valence-electron chi connectivity index (χ1n) is 9.34. The Morgan fingerprint density at radius 3 is 2.50 bits per heavy atom. The lowest BCUT2D eigenvalue weighted by atomic mass is 9.84. The van der Waals surface area contributed by atoms with Crippen molar-refractivity contribution in [2.24, 2.45) is 17.8 Å². The largest absolute Gasteiger partial charge is 0.338 e. The fraction of sp³-hybridized carbons (Fsp3) is 0.650. The average Bonchev–Trinajstić information content (AvgIpc) is 3.41. The summed E-state index contributed by atoms with van der Waals surface area (Å²) < 4.78 is 13.1. The second kappa shape index (κ2) is 8.11. The van der Waals surface area contributed by atoms with Crippen molar-refractivity contribution in [3.63, 3.8) is 0 Å². The molecule has 0 aromatic heterocycles. The molecule has 1 aromatic rings. The molecule has 132 valence electrons. The number of rotatable bonds is 7. The molecule has 0 spiro atoms. The van der Waals surface area contributed by atoms with Crippen molar-refractivity contribution < 1.29 is 9.18 Å². The van der Waals surface area contributed by atoms with E-state index >= 15 is 0 Å². The zero-order chi connectivity index (χ0) is 16.9. The molecule has 1 heterocycles. The molecule has 3 rings (SSSR count). The highest BCUT2D eigenvalue weighted by atomic mass is 19.1. The number of carbonyl (C=O) groups excluding carboxylic acids is 1. The smallest absolute Gasteiger partial charge is 0.223 e. The van der Waals surface area contributed by atoms with Crippen molar-refractivity contribution in [2.45, 2.75) is 45.6 Å². The molecule has 4 heteroatoms. The molecule has 1 amide bonds. The topological polar surface area (TPSA) is 32.3 Å². The van der Waals surface area contributed by atoms with Crippen molar-refractivity contribution in [1.29, 1.82) is 0 Å². The number of carbonyl (C=O) groups is 1. The van der Waals surface area contributed by atoms with Gasteiger partial charge in [0.25, 0.3) is 0 Å². The van der Waals surface area contributed by atoms with Gasteiger partial charge in [0, 0.05) is 19.5 Å². The molecule has 3 nitrogen and oxygen atoms in total. The van der Waals surface area contributed by atoms with Crippen molar-refractivity contribution in [3.8, 4) is 0 Å². The van der Waals surface area contributed by atoms with Gasteiger partial charge < -0.3 is 10.2 Å². The van der Waals surface area contributed by atoms with Crippen LogP contribution in [-0.2, 0) is 11.3 Å². The van der Waals surface area contributed by atoms with E-state index in [0.29, 0.717) is 30.7 Å². The van der Waals surface area contributed by atoms with E-state index in [-0.39, 0.29) is 11.7 Å². The fourth-order valence-electron chi connectivity index (χ4n) is 3.66. The van der Waals surface area contributed by atoms with Crippen LogP contribution in [0.4, 0.5) is 4.39 Å². The maximum Gasteiger partial charge on any atom is 0.223 e. The molecular formula is C20H29FN2O. The second-order valence-electron chi connectivity index (χ2n) is 7.61. The van der Waals surface area contributed by atoms with E-state index in [1.54, 1.807) is 12.1 Å². The molecule has 2 aliphatic rings. The summed E-state index contributed by atoms with van der Waals surface area (Å²) in [5.74, 6) is 1.80. The first kappa shape index (κ1) is 17.4. The van der Waals surface area contributed by atoms with Gasteiger partial charge in [-0.2, -0.15) is 0 Å². The number of hydrogen-bond acceptors (Lipinski definition) is 2.